The van der Waals surface area contributed by atoms with E-state index < -0.39 is 0 Å². The number of fused-ring (bicyclic) bond motifs is 1. The SMILES string of the molecule is C[C@H](NCC1OCc2ccccc2CO1)c1ccccc1. The minimum absolute atomic E-state index is 0.205. The van der Waals surface area contributed by atoms with Crippen LogP contribution in [0.25, 0.3) is 0 Å². The van der Waals surface area contributed by atoms with Crippen molar-refractivity contribution in [3.8, 4) is 0 Å². The number of hydrogen-bond donors (Lipinski definition) is 1. The topological polar surface area (TPSA) is 30.5 Å². The summed E-state index contributed by atoms with van der Waals surface area (Å²) in [4.78, 5) is 0. The molecule has 3 nitrogen and oxygen atoms in total. The van der Waals surface area contributed by atoms with Gasteiger partial charge in [-0.1, -0.05) is 54.6 Å². The Kier molecular flexibility index (Phi) is 4.65. The van der Waals surface area contributed by atoms with E-state index in [1.54, 1.807) is 0 Å². The summed E-state index contributed by atoms with van der Waals surface area (Å²) in [5.41, 5.74) is 3.71. The van der Waals surface area contributed by atoms with Crippen LogP contribution in [-0.2, 0) is 22.7 Å². The molecule has 0 amide bonds. The fourth-order valence-electron chi connectivity index (χ4n) is 2.50. The molecule has 110 valence electrons. The fourth-order valence-corrected chi connectivity index (χ4v) is 2.50. The van der Waals surface area contributed by atoms with E-state index in [9.17, 15) is 0 Å². The van der Waals surface area contributed by atoms with Gasteiger partial charge in [-0.15, -0.1) is 0 Å². The molecular formula is C18H21NO2. The van der Waals surface area contributed by atoms with Crippen molar-refractivity contribution in [2.24, 2.45) is 0 Å². The quantitative estimate of drug-likeness (QED) is 0.932. The van der Waals surface area contributed by atoms with E-state index in [1.165, 1.54) is 16.7 Å². The molecule has 2 aromatic carbocycles. The van der Waals surface area contributed by atoms with Crippen LogP contribution in [-0.4, -0.2) is 12.8 Å². The number of ether oxygens (including phenoxy) is 2. The lowest BCUT2D eigenvalue weighted by atomic mass is 10.1. The first-order valence-electron chi connectivity index (χ1n) is 7.41. The molecule has 3 heteroatoms. The highest BCUT2D eigenvalue weighted by Gasteiger charge is 2.17. The Labute approximate surface area is 125 Å². The van der Waals surface area contributed by atoms with Gasteiger partial charge in [-0.3, -0.25) is 0 Å². The van der Waals surface area contributed by atoms with Crippen molar-refractivity contribution >= 4 is 0 Å². The van der Waals surface area contributed by atoms with Crippen LogP contribution >= 0.6 is 0 Å². The van der Waals surface area contributed by atoms with Crippen molar-refractivity contribution in [3.63, 3.8) is 0 Å². The van der Waals surface area contributed by atoms with E-state index in [2.05, 4.69) is 48.6 Å². The highest BCUT2D eigenvalue weighted by molar-refractivity contribution is 5.26. The number of rotatable bonds is 4. The lowest BCUT2D eigenvalue weighted by molar-refractivity contribution is -0.146. The van der Waals surface area contributed by atoms with E-state index >= 15 is 0 Å². The molecule has 1 aliphatic heterocycles. The van der Waals surface area contributed by atoms with Gasteiger partial charge < -0.3 is 14.8 Å². The zero-order valence-corrected chi connectivity index (χ0v) is 12.3. The molecule has 0 saturated heterocycles. The molecule has 3 rings (SSSR count). The lowest BCUT2D eigenvalue weighted by Crippen LogP contribution is -2.32. The molecule has 0 aliphatic carbocycles. The summed E-state index contributed by atoms with van der Waals surface area (Å²) in [7, 11) is 0. The summed E-state index contributed by atoms with van der Waals surface area (Å²) in [5, 5.41) is 3.47. The zero-order valence-electron chi connectivity index (χ0n) is 12.3. The highest BCUT2D eigenvalue weighted by atomic mass is 16.7. The van der Waals surface area contributed by atoms with Gasteiger partial charge in [-0.05, 0) is 23.6 Å². The normalized spacial score (nSPS) is 17.0. The molecule has 0 saturated carbocycles. The Morgan fingerprint density at radius 3 is 2.14 bits per heavy atom. The molecule has 0 bridgehead atoms. The van der Waals surface area contributed by atoms with Gasteiger partial charge in [0.25, 0.3) is 0 Å². The second kappa shape index (κ2) is 6.85. The van der Waals surface area contributed by atoms with Gasteiger partial charge in [0.15, 0.2) is 6.29 Å². The first-order valence-corrected chi connectivity index (χ1v) is 7.41. The molecule has 21 heavy (non-hydrogen) atoms. The summed E-state index contributed by atoms with van der Waals surface area (Å²) in [6, 6.07) is 19.0. The molecule has 0 unspecified atom stereocenters. The maximum absolute atomic E-state index is 5.83. The van der Waals surface area contributed by atoms with Crippen molar-refractivity contribution in [3.05, 3.63) is 71.3 Å². The first-order chi connectivity index (χ1) is 10.3. The summed E-state index contributed by atoms with van der Waals surface area (Å²) < 4.78 is 11.7. The first kappa shape index (κ1) is 14.3. The lowest BCUT2D eigenvalue weighted by Gasteiger charge is -2.20. The number of nitrogens with one attached hydrogen (secondary N) is 1. The second-order valence-electron chi connectivity index (χ2n) is 5.36. The Balaban J connectivity index is 1.53. The predicted octanol–water partition coefficient (Wildman–Crippen LogP) is 3.41. The van der Waals surface area contributed by atoms with Crippen LogP contribution in [0.5, 0.6) is 0 Å². The van der Waals surface area contributed by atoms with Crippen LogP contribution < -0.4 is 5.32 Å². The van der Waals surface area contributed by atoms with Crippen LogP contribution in [0.15, 0.2) is 54.6 Å². The molecule has 0 spiro atoms. The fraction of sp³-hybridized carbons (Fsp3) is 0.333. The number of benzene rings is 2. The van der Waals surface area contributed by atoms with Gasteiger partial charge in [0.2, 0.25) is 0 Å². The molecule has 0 aromatic heterocycles. The monoisotopic (exact) mass is 283 g/mol. The van der Waals surface area contributed by atoms with E-state index in [0.717, 1.165) is 0 Å². The van der Waals surface area contributed by atoms with Crippen LogP contribution in [0.3, 0.4) is 0 Å². The van der Waals surface area contributed by atoms with Gasteiger partial charge in [-0.25, -0.2) is 0 Å². The predicted molar refractivity (Wildman–Crippen MR) is 82.7 cm³/mol. The summed E-state index contributed by atoms with van der Waals surface area (Å²) >= 11 is 0. The second-order valence-corrected chi connectivity index (χ2v) is 5.36. The van der Waals surface area contributed by atoms with Crippen LogP contribution in [0, 0.1) is 0 Å². The van der Waals surface area contributed by atoms with E-state index in [-0.39, 0.29) is 12.3 Å². The van der Waals surface area contributed by atoms with Gasteiger partial charge in [0.05, 0.1) is 13.2 Å². The average Bonchev–Trinajstić information content (AvgIpc) is 2.76. The summed E-state index contributed by atoms with van der Waals surface area (Å²) in [6.45, 7) is 4.06. The molecule has 1 aliphatic rings. The zero-order chi connectivity index (χ0) is 14.5. The van der Waals surface area contributed by atoms with E-state index in [0.29, 0.717) is 19.8 Å². The smallest absolute Gasteiger partial charge is 0.170 e. The Hall–Kier alpha value is -1.68. The van der Waals surface area contributed by atoms with Crippen LogP contribution in [0.2, 0.25) is 0 Å². The minimum atomic E-state index is -0.205. The third kappa shape index (κ3) is 3.70. The highest BCUT2D eigenvalue weighted by Crippen LogP contribution is 2.18. The average molecular weight is 283 g/mol. The maximum Gasteiger partial charge on any atom is 0.170 e. The van der Waals surface area contributed by atoms with Crippen molar-refractivity contribution in [2.75, 3.05) is 6.54 Å². The molecule has 0 radical (unpaired) electrons. The summed E-state index contributed by atoms with van der Waals surface area (Å²) in [5.74, 6) is 0. The third-order valence-electron chi connectivity index (χ3n) is 3.86. The summed E-state index contributed by atoms with van der Waals surface area (Å²) in [6.07, 6.45) is -0.205. The molecule has 1 heterocycles. The van der Waals surface area contributed by atoms with E-state index in [1.807, 2.05) is 18.2 Å². The van der Waals surface area contributed by atoms with Crippen molar-refractivity contribution in [1.82, 2.24) is 5.32 Å². The molecular weight excluding hydrogens is 262 g/mol. The standard InChI is InChI=1S/C18H21NO2/c1-14(15-7-3-2-4-8-15)19-11-18-20-12-16-9-5-6-10-17(16)13-21-18/h2-10,14,18-19H,11-13H2,1H3/t14-/m0/s1. The molecule has 1 N–H and O–H groups in total. The Bertz CT molecular complexity index is 543. The Morgan fingerprint density at radius 2 is 1.52 bits per heavy atom. The number of hydrogen-bond acceptors (Lipinski definition) is 3. The molecule has 2 aromatic rings. The van der Waals surface area contributed by atoms with Gasteiger partial charge in [0, 0.05) is 12.6 Å². The van der Waals surface area contributed by atoms with Crippen molar-refractivity contribution < 1.29 is 9.47 Å². The van der Waals surface area contributed by atoms with Gasteiger partial charge >= 0.3 is 0 Å². The largest absolute Gasteiger partial charge is 0.347 e. The Morgan fingerprint density at radius 1 is 0.952 bits per heavy atom. The maximum atomic E-state index is 5.83. The van der Waals surface area contributed by atoms with E-state index in [4.69, 9.17) is 9.47 Å². The molecule has 0 fully saturated rings. The minimum Gasteiger partial charge on any atom is -0.347 e. The van der Waals surface area contributed by atoms with Crippen molar-refractivity contribution in [1.29, 1.82) is 0 Å². The molecule has 1 atom stereocenters. The third-order valence-corrected chi connectivity index (χ3v) is 3.86. The van der Waals surface area contributed by atoms with Crippen LogP contribution in [0.4, 0.5) is 0 Å². The van der Waals surface area contributed by atoms with Crippen LogP contribution in [0.1, 0.15) is 29.7 Å². The van der Waals surface area contributed by atoms with Gasteiger partial charge in [-0.2, -0.15) is 0 Å². The van der Waals surface area contributed by atoms with Crippen molar-refractivity contribution in [2.45, 2.75) is 32.5 Å². The van der Waals surface area contributed by atoms with Gasteiger partial charge in [0.1, 0.15) is 0 Å².